The van der Waals surface area contributed by atoms with E-state index < -0.39 is 18.6 Å². The van der Waals surface area contributed by atoms with Crippen LogP contribution in [-0.2, 0) is 4.79 Å². The zero-order chi connectivity index (χ0) is 18.4. The largest absolute Gasteiger partial charge is 0.406 e. The molecule has 0 unspecified atom stereocenters. The van der Waals surface area contributed by atoms with Gasteiger partial charge in [0.25, 0.3) is 0 Å². The van der Waals surface area contributed by atoms with Crippen LogP contribution in [0.4, 0.5) is 13.2 Å². The van der Waals surface area contributed by atoms with Crippen molar-refractivity contribution in [3.63, 3.8) is 0 Å². The molecule has 0 aromatic rings. The Morgan fingerprint density at radius 1 is 1.28 bits per heavy atom. The topological polar surface area (TPSA) is 56.7 Å². The zero-order valence-corrected chi connectivity index (χ0v) is 17.7. The highest BCUT2D eigenvalue weighted by molar-refractivity contribution is 14.0. The molecule has 1 aliphatic rings. The summed E-state index contributed by atoms with van der Waals surface area (Å²) < 4.78 is 36.9. The number of aliphatic imine (C=N–C) groups is 1. The second kappa shape index (κ2) is 10.4. The number of hydrogen-bond acceptors (Lipinski definition) is 2. The fraction of sp³-hybridized carbons (Fsp3) is 0.875. The molecule has 5 nitrogen and oxygen atoms in total. The first-order valence-corrected chi connectivity index (χ1v) is 8.38. The van der Waals surface area contributed by atoms with Crippen molar-refractivity contribution in [1.82, 2.24) is 15.5 Å². The molecule has 0 radical (unpaired) electrons. The molecule has 1 saturated carbocycles. The predicted molar refractivity (Wildman–Crippen MR) is 104 cm³/mol. The molecular formula is C16H30F3IN4O. The van der Waals surface area contributed by atoms with Crippen LogP contribution in [0.5, 0.6) is 0 Å². The Balaban J connectivity index is 0.00000576. The molecule has 0 heterocycles. The molecule has 1 fully saturated rings. The van der Waals surface area contributed by atoms with E-state index in [-0.39, 0.29) is 36.6 Å². The number of halogens is 4. The van der Waals surface area contributed by atoms with Crippen LogP contribution in [0.3, 0.4) is 0 Å². The normalized spacial score (nSPS) is 18.3. The number of guanidine groups is 1. The average Bonchev–Trinajstić information content (AvgIpc) is 2.45. The van der Waals surface area contributed by atoms with Crippen molar-refractivity contribution < 1.29 is 18.0 Å². The smallest absolute Gasteiger partial charge is 0.357 e. The van der Waals surface area contributed by atoms with Crippen molar-refractivity contribution in [2.24, 2.45) is 10.4 Å². The van der Waals surface area contributed by atoms with E-state index in [1.54, 1.807) is 0 Å². The van der Waals surface area contributed by atoms with Gasteiger partial charge in [0.1, 0.15) is 13.1 Å². The van der Waals surface area contributed by atoms with Crippen LogP contribution in [0.15, 0.2) is 4.99 Å². The first-order chi connectivity index (χ1) is 11.0. The number of hydrogen-bond donors (Lipinski definition) is 2. The summed E-state index contributed by atoms with van der Waals surface area (Å²) in [4.78, 5) is 16.5. The van der Waals surface area contributed by atoms with Crippen LogP contribution in [0.1, 0.15) is 46.5 Å². The molecule has 1 rings (SSSR count). The average molecular weight is 478 g/mol. The van der Waals surface area contributed by atoms with Gasteiger partial charge < -0.3 is 15.5 Å². The highest BCUT2D eigenvalue weighted by atomic mass is 127. The van der Waals surface area contributed by atoms with E-state index in [1.807, 2.05) is 6.92 Å². The standard InChI is InChI=1S/C16H29F3N4O.HI/c1-5-20-14(22-12-6-8-15(2,3)9-7-12)21-10-13(24)23(4)11-16(17,18)19;/h12H,5-11H2,1-4H3,(H2,20,21,22);1H. The van der Waals surface area contributed by atoms with Gasteiger partial charge in [-0.05, 0) is 38.0 Å². The summed E-state index contributed by atoms with van der Waals surface area (Å²) in [7, 11) is 1.13. The molecule has 1 amide bonds. The minimum Gasteiger partial charge on any atom is -0.357 e. The quantitative estimate of drug-likeness (QED) is 0.363. The molecule has 25 heavy (non-hydrogen) atoms. The van der Waals surface area contributed by atoms with Gasteiger partial charge in [0.05, 0.1) is 0 Å². The lowest BCUT2D eigenvalue weighted by Crippen LogP contribution is -2.46. The van der Waals surface area contributed by atoms with Gasteiger partial charge in [-0.25, -0.2) is 4.99 Å². The van der Waals surface area contributed by atoms with Crippen LogP contribution in [0, 0.1) is 5.41 Å². The van der Waals surface area contributed by atoms with Crippen molar-refractivity contribution in [1.29, 1.82) is 0 Å². The number of carbonyl (C=O) groups excluding carboxylic acids is 1. The Labute approximate surface area is 165 Å². The van der Waals surface area contributed by atoms with E-state index in [4.69, 9.17) is 0 Å². The SMILES string of the molecule is CCNC(=NCC(=O)N(C)CC(F)(F)F)NC1CCC(C)(C)CC1.I. The number of nitrogens with one attached hydrogen (secondary N) is 2. The Morgan fingerprint density at radius 2 is 1.84 bits per heavy atom. The van der Waals surface area contributed by atoms with Gasteiger partial charge in [-0.1, -0.05) is 13.8 Å². The maximum absolute atomic E-state index is 12.3. The summed E-state index contributed by atoms with van der Waals surface area (Å²) in [5, 5.41) is 6.32. The fourth-order valence-electron chi connectivity index (χ4n) is 2.68. The maximum atomic E-state index is 12.3. The second-order valence-electron chi connectivity index (χ2n) is 7.14. The first-order valence-electron chi connectivity index (χ1n) is 8.38. The summed E-state index contributed by atoms with van der Waals surface area (Å²) in [6.45, 7) is 5.45. The number of nitrogens with zero attached hydrogens (tertiary/aromatic N) is 2. The Kier molecular flexibility index (Phi) is 10.1. The minimum absolute atomic E-state index is 0. The molecule has 0 aromatic heterocycles. The number of carbonyl (C=O) groups is 1. The second-order valence-corrected chi connectivity index (χ2v) is 7.14. The van der Waals surface area contributed by atoms with Gasteiger partial charge >= 0.3 is 6.18 Å². The van der Waals surface area contributed by atoms with Gasteiger partial charge in [-0.2, -0.15) is 13.2 Å². The molecule has 0 aliphatic heterocycles. The first kappa shape index (κ1) is 24.3. The molecule has 0 aromatic carbocycles. The van der Waals surface area contributed by atoms with E-state index in [0.29, 0.717) is 22.8 Å². The van der Waals surface area contributed by atoms with Crippen molar-refractivity contribution in [2.45, 2.75) is 58.7 Å². The third kappa shape index (κ3) is 10.1. The summed E-state index contributed by atoms with van der Waals surface area (Å²) in [5.41, 5.74) is 0.351. The molecule has 0 atom stereocenters. The Bertz CT molecular complexity index is 445. The van der Waals surface area contributed by atoms with Gasteiger partial charge in [-0.15, -0.1) is 24.0 Å². The molecule has 148 valence electrons. The number of rotatable bonds is 5. The maximum Gasteiger partial charge on any atom is 0.406 e. The van der Waals surface area contributed by atoms with Crippen LogP contribution in [0.2, 0.25) is 0 Å². The number of alkyl halides is 3. The van der Waals surface area contributed by atoms with Crippen molar-refractivity contribution in [3.05, 3.63) is 0 Å². The molecule has 0 spiro atoms. The summed E-state index contributed by atoms with van der Waals surface area (Å²) >= 11 is 0. The van der Waals surface area contributed by atoms with Crippen LogP contribution in [-0.4, -0.2) is 55.7 Å². The third-order valence-electron chi connectivity index (χ3n) is 4.24. The van der Waals surface area contributed by atoms with Crippen molar-refractivity contribution in [3.8, 4) is 0 Å². The van der Waals surface area contributed by atoms with Gasteiger partial charge in [-0.3, -0.25) is 4.79 Å². The van der Waals surface area contributed by atoms with Crippen LogP contribution >= 0.6 is 24.0 Å². The Hall–Kier alpha value is -0.740. The monoisotopic (exact) mass is 478 g/mol. The van der Waals surface area contributed by atoms with E-state index in [0.717, 1.165) is 32.7 Å². The van der Waals surface area contributed by atoms with Gasteiger partial charge in [0, 0.05) is 19.6 Å². The Morgan fingerprint density at radius 3 is 2.32 bits per heavy atom. The lowest BCUT2D eigenvalue weighted by Gasteiger charge is -2.35. The molecular weight excluding hydrogens is 448 g/mol. The van der Waals surface area contributed by atoms with Gasteiger partial charge in [0.15, 0.2) is 5.96 Å². The lowest BCUT2D eigenvalue weighted by molar-refractivity contribution is -0.157. The molecule has 0 saturated heterocycles. The zero-order valence-electron chi connectivity index (χ0n) is 15.4. The van der Waals surface area contributed by atoms with Crippen LogP contribution < -0.4 is 10.6 Å². The highest BCUT2D eigenvalue weighted by Crippen LogP contribution is 2.34. The predicted octanol–water partition coefficient (Wildman–Crippen LogP) is 3.15. The van der Waals surface area contributed by atoms with E-state index in [1.165, 1.54) is 0 Å². The van der Waals surface area contributed by atoms with Crippen molar-refractivity contribution >= 4 is 35.8 Å². The number of likely N-dealkylation sites (N-methyl/N-ethyl adjacent to an activating group) is 1. The van der Waals surface area contributed by atoms with E-state index in [9.17, 15) is 18.0 Å². The molecule has 9 heteroatoms. The summed E-state index contributed by atoms with van der Waals surface area (Å²) in [6.07, 6.45) is -0.154. The molecule has 0 bridgehead atoms. The minimum atomic E-state index is -4.40. The van der Waals surface area contributed by atoms with Crippen molar-refractivity contribution in [2.75, 3.05) is 26.7 Å². The molecule has 2 N–H and O–H groups in total. The van der Waals surface area contributed by atoms with E-state index in [2.05, 4.69) is 29.5 Å². The lowest BCUT2D eigenvalue weighted by atomic mass is 9.75. The summed E-state index contributed by atoms with van der Waals surface area (Å²) in [5.74, 6) is -0.176. The number of amides is 1. The van der Waals surface area contributed by atoms with E-state index >= 15 is 0 Å². The summed E-state index contributed by atoms with van der Waals surface area (Å²) in [6, 6.07) is 0.277. The third-order valence-corrected chi connectivity index (χ3v) is 4.24. The fourth-order valence-corrected chi connectivity index (χ4v) is 2.68. The molecule has 1 aliphatic carbocycles. The highest BCUT2D eigenvalue weighted by Gasteiger charge is 2.31. The van der Waals surface area contributed by atoms with Gasteiger partial charge in [0.2, 0.25) is 5.91 Å². The van der Waals surface area contributed by atoms with Crippen LogP contribution in [0.25, 0.3) is 0 Å².